The van der Waals surface area contributed by atoms with Crippen molar-refractivity contribution < 1.29 is 19.1 Å². The van der Waals surface area contributed by atoms with E-state index in [4.69, 9.17) is 15.7 Å². The van der Waals surface area contributed by atoms with Crippen LogP contribution in [0, 0.1) is 5.41 Å². The van der Waals surface area contributed by atoms with Gasteiger partial charge in [-0.2, -0.15) is 0 Å². The van der Waals surface area contributed by atoms with Crippen molar-refractivity contribution in [1.82, 2.24) is 15.6 Å². The maximum atomic E-state index is 12.2. The molecule has 144 valence electrons. The van der Waals surface area contributed by atoms with Gasteiger partial charge in [-0.15, -0.1) is 11.3 Å². The van der Waals surface area contributed by atoms with Crippen LogP contribution < -0.4 is 16.0 Å². The van der Waals surface area contributed by atoms with E-state index in [1.54, 1.807) is 20.8 Å². The van der Waals surface area contributed by atoms with Crippen molar-refractivity contribution in [3.05, 3.63) is 21.5 Å². The summed E-state index contributed by atoms with van der Waals surface area (Å²) in [6.07, 6.45) is -0.702. The Morgan fingerprint density at radius 2 is 2.22 bits per heavy atom. The summed E-state index contributed by atoms with van der Waals surface area (Å²) < 4.78 is 5.09. The topological polar surface area (TPSA) is 182 Å². The highest BCUT2D eigenvalue weighted by Crippen LogP contribution is 2.18. The van der Waals surface area contributed by atoms with Gasteiger partial charge in [-0.3, -0.25) is 20.3 Å². The number of amides is 3. The number of rotatable bonds is 6. The van der Waals surface area contributed by atoms with Gasteiger partial charge >= 0.3 is 6.09 Å². The van der Waals surface area contributed by atoms with Crippen molar-refractivity contribution in [1.29, 1.82) is 5.41 Å². The summed E-state index contributed by atoms with van der Waals surface area (Å²) in [5.74, 6) is -1.24. The van der Waals surface area contributed by atoms with Crippen molar-refractivity contribution in [3.63, 3.8) is 0 Å². The molecule has 0 aliphatic carbocycles. The van der Waals surface area contributed by atoms with Crippen LogP contribution in [-0.4, -0.2) is 52.8 Å². The zero-order chi connectivity index (χ0) is 20.2. The molecule has 2 atom stereocenters. The van der Waals surface area contributed by atoms with Crippen LogP contribution in [0.1, 0.15) is 26.5 Å². The highest BCUT2D eigenvalue weighted by Gasteiger charge is 2.40. The van der Waals surface area contributed by atoms with Crippen LogP contribution >= 0.6 is 11.3 Å². The van der Waals surface area contributed by atoms with Crippen LogP contribution in [0.5, 0.6) is 0 Å². The minimum absolute atomic E-state index is 0.0127. The fraction of sp³-hybridized carbons (Fsp3) is 0.500. The van der Waals surface area contributed by atoms with Gasteiger partial charge in [-0.05, 0) is 26.3 Å². The molecule has 1 aliphatic heterocycles. The summed E-state index contributed by atoms with van der Waals surface area (Å²) in [5, 5.41) is 20.2. The molecule has 12 nitrogen and oxygen atoms in total. The molecule has 1 aliphatic rings. The van der Waals surface area contributed by atoms with Gasteiger partial charge in [0.05, 0.1) is 6.04 Å². The summed E-state index contributed by atoms with van der Waals surface area (Å²) in [7, 11) is 0. The molecule has 1 aromatic rings. The second-order valence-electron chi connectivity index (χ2n) is 6.52. The van der Waals surface area contributed by atoms with E-state index in [0.717, 1.165) is 11.3 Å². The van der Waals surface area contributed by atoms with Crippen LogP contribution in [0.3, 0.4) is 0 Å². The Morgan fingerprint density at radius 1 is 1.52 bits per heavy atom. The van der Waals surface area contributed by atoms with E-state index in [9.17, 15) is 14.4 Å². The molecule has 1 fully saturated rings. The van der Waals surface area contributed by atoms with Gasteiger partial charge in [-0.1, -0.05) is 5.11 Å². The average molecular weight is 394 g/mol. The van der Waals surface area contributed by atoms with E-state index in [2.05, 4.69) is 31.0 Å². The molecule has 3 amide bonds. The van der Waals surface area contributed by atoms with E-state index in [-0.39, 0.29) is 17.4 Å². The summed E-state index contributed by atoms with van der Waals surface area (Å²) >= 11 is 1.02. The number of β-lactam (4-membered cyclic amide) rings is 1. The van der Waals surface area contributed by atoms with Crippen LogP contribution in [0.25, 0.3) is 10.4 Å². The predicted octanol–water partition coefficient (Wildman–Crippen LogP) is 1.15. The standard InChI is InChI=1S/C14H18N8O4S/c1-14(2,3)26-13(25)21-12-19-7(5-27-12)8(15)10(23)20-9-6(4-17-22-16)18-11(9)24/h5-6,9,15H,4H2,1-3H3,(H,18,24)(H,20,23)(H,19,21,25)/t6-,9+/m1/s1. The van der Waals surface area contributed by atoms with Crippen LogP contribution in [0.4, 0.5) is 9.93 Å². The normalized spacial score (nSPS) is 18.4. The first kappa shape index (κ1) is 20.1. The Bertz CT molecular complexity index is 823. The smallest absolute Gasteiger partial charge is 0.413 e. The predicted molar refractivity (Wildman–Crippen MR) is 96.7 cm³/mol. The molecule has 1 saturated heterocycles. The average Bonchev–Trinajstić information content (AvgIpc) is 3.01. The third kappa shape index (κ3) is 5.39. The molecule has 0 aromatic carbocycles. The van der Waals surface area contributed by atoms with E-state index >= 15 is 0 Å². The first-order chi connectivity index (χ1) is 12.6. The fourth-order valence-corrected chi connectivity index (χ4v) is 2.74. The van der Waals surface area contributed by atoms with Crippen molar-refractivity contribution in [2.24, 2.45) is 5.11 Å². The van der Waals surface area contributed by atoms with Gasteiger partial charge in [-0.25, -0.2) is 9.78 Å². The van der Waals surface area contributed by atoms with Crippen LogP contribution in [0.15, 0.2) is 10.5 Å². The number of nitrogens with zero attached hydrogens (tertiary/aromatic N) is 4. The molecular formula is C14H18N8O4S. The number of ether oxygens (including phenoxy) is 1. The number of carbonyl (C=O) groups excluding carboxylic acids is 3. The summed E-state index contributed by atoms with van der Waals surface area (Å²) in [6, 6.07) is -1.41. The molecular weight excluding hydrogens is 376 g/mol. The second-order valence-corrected chi connectivity index (χ2v) is 7.38. The highest BCUT2D eigenvalue weighted by molar-refractivity contribution is 7.14. The number of hydrogen-bond donors (Lipinski definition) is 4. The summed E-state index contributed by atoms with van der Waals surface area (Å²) in [4.78, 5) is 42.0. The van der Waals surface area contributed by atoms with Gasteiger partial charge in [0.25, 0.3) is 5.91 Å². The molecule has 13 heteroatoms. The van der Waals surface area contributed by atoms with Crippen LogP contribution in [0.2, 0.25) is 0 Å². The fourth-order valence-electron chi connectivity index (χ4n) is 2.05. The van der Waals surface area contributed by atoms with E-state index in [1.165, 1.54) is 5.38 Å². The Kier molecular flexibility index (Phi) is 5.98. The number of nitrogens with one attached hydrogen (secondary N) is 4. The quantitative estimate of drug-likeness (QED) is 0.185. The first-order valence-corrected chi connectivity index (χ1v) is 8.65. The SMILES string of the molecule is CC(C)(C)OC(=O)Nc1nc(C(=N)C(=O)N[C@@H]2C(=O)N[C@@H]2CN=[N+]=[N-])cs1. The molecule has 0 unspecified atom stereocenters. The molecule has 0 radical (unpaired) electrons. The van der Waals surface area contributed by atoms with Gasteiger partial charge in [0.15, 0.2) is 5.13 Å². The zero-order valence-corrected chi connectivity index (χ0v) is 15.6. The summed E-state index contributed by atoms with van der Waals surface area (Å²) in [5.41, 5.74) is 7.21. The molecule has 1 aromatic heterocycles. The lowest BCUT2D eigenvalue weighted by Gasteiger charge is -2.36. The number of thiazole rings is 1. The molecule has 0 spiro atoms. The minimum atomic E-state index is -0.888. The molecule has 4 N–H and O–H groups in total. The lowest BCUT2D eigenvalue weighted by Crippen LogP contribution is -2.70. The lowest BCUT2D eigenvalue weighted by atomic mass is 9.99. The lowest BCUT2D eigenvalue weighted by molar-refractivity contribution is -0.134. The first-order valence-electron chi connectivity index (χ1n) is 7.77. The largest absolute Gasteiger partial charge is 0.444 e. The third-order valence-electron chi connectivity index (χ3n) is 3.24. The third-order valence-corrected chi connectivity index (χ3v) is 3.99. The number of anilines is 1. The Balaban J connectivity index is 1.94. The van der Waals surface area contributed by atoms with Crippen LogP contribution in [-0.2, 0) is 14.3 Å². The molecule has 2 heterocycles. The molecule has 0 saturated carbocycles. The van der Waals surface area contributed by atoms with Gasteiger partial charge < -0.3 is 15.4 Å². The second kappa shape index (κ2) is 8.01. The van der Waals surface area contributed by atoms with Gasteiger partial charge in [0, 0.05) is 16.8 Å². The molecule has 0 bridgehead atoms. The Labute approximate surface area is 157 Å². The van der Waals surface area contributed by atoms with Crippen molar-refractivity contribution in [2.75, 3.05) is 11.9 Å². The van der Waals surface area contributed by atoms with Gasteiger partial charge in [0.1, 0.15) is 23.0 Å². The number of hydrogen-bond acceptors (Lipinski definition) is 8. The minimum Gasteiger partial charge on any atom is -0.444 e. The van der Waals surface area contributed by atoms with E-state index in [0.29, 0.717) is 0 Å². The van der Waals surface area contributed by atoms with E-state index in [1.807, 2.05) is 0 Å². The number of aromatic nitrogens is 1. The van der Waals surface area contributed by atoms with E-state index < -0.39 is 41.3 Å². The monoisotopic (exact) mass is 394 g/mol. The molecule has 2 rings (SSSR count). The Morgan fingerprint density at radius 3 is 2.81 bits per heavy atom. The number of carbonyl (C=O) groups is 3. The maximum Gasteiger partial charge on any atom is 0.413 e. The highest BCUT2D eigenvalue weighted by atomic mass is 32.1. The molecule has 27 heavy (non-hydrogen) atoms. The van der Waals surface area contributed by atoms with Crippen molar-refractivity contribution >= 4 is 40.1 Å². The zero-order valence-electron chi connectivity index (χ0n) is 14.8. The van der Waals surface area contributed by atoms with Crippen molar-refractivity contribution in [3.8, 4) is 0 Å². The Hall–Kier alpha value is -3.18. The summed E-state index contributed by atoms with van der Waals surface area (Å²) in [6.45, 7) is 5.13. The number of azide groups is 1. The van der Waals surface area contributed by atoms with Gasteiger partial charge in [0.2, 0.25) is 5.91 Å². The van der Waals surface area contributed by atoms with Crippen molar-refractivity contribution in [2.45, 2.75) is 38.5 Å². The maximum absolute atomic E-state index is 12.2.